The summed E-state index contributed by atoms with van der Waals surface area (Å²) in [6, 6.07) is 8.75. The second kappa shape index (κ2) is 6.29. The van der Waals surface area contributed by atoms with Crippen LogP contribution in [-0.4, -0.2) is 27.1 Å². The number of hydrogen-bond acceptors (Lipinski definition) is 3. The van der Waals surface area contributed by atoms with Gasteiger partial charge in [0.1, 0.15) is 5.82 Å². The van der Waals surface area contributed by atoms with E-state index in [9.17, 15) is 17.6 Å². The number of hydrogen-bond donors (Lipinski definition) is 0. The first kappa shape index (κ1) is 17.1. The summed E-state index contributed by atoms with van der Waals surface area (Å²) in [5.41, 5.74) is 1.90. The summed E-state index contributed by atoms with van der Waals surface area (Å²) in [6.45, 7) is 0.536. The van der Waals surface area contributed by atoms with Gasteiger partial charge in [-0.25, -0.2) is 12.8 Å². The second-order valence-electron chi connectivity index (χ2n) is 5.75. The van der Waals surface area contributed by atoms with E-state index in [1.54, 1.807) is 17.0 Å². The summed E-state index contributed by atoms with van der Waals surface area (Å²) < 4.78 is 37.1. The van der Waals surface area contributed by atoms with Crippen LogP contribution >= 0.6 is 15.9 Å². The third kappa shape index (κ3) is 3.23. The Morgan fingerprint density at radius 3 is 2.62 bits per heavy atom. The summed E-state index contributed by atoms with van der Waals surface area (Å²) >= 11 is 3.23. The minimum Gasteiger partial charge on any atom is -0.308 e. The van der Waals surface area contributed by atoms with E-state index in [2.05, 4.69) is 15.9 Å². The number of amides is 1. The van der Waals surface area contributed by atoms with E-state index >= 15 is 0 Å². The lowest BCUT2D eigenvalue weighted by Gasteiger charge is -2.30. The number of nitrogens with zero attached hydrogens (tertiary/aromatic N) is 1. The summed E-state index contributed by atoms with van der Waals surface area (Å²) in [6.07, 6.45) is 2.62. The zero-order valence-electron chi connectivity index (χ0n) is 12.9. The topological polar surface area (TPSA) is 54.5 Å². The van der Waals surface area contributed by atoms with Crippen molar-refractivity contribution in [1.82, 2.24) is 0 Å². The van der Waals surface area contributed by atoms with Crippen molar-refractivity contribution in [3.8, 4) is 0 Å². The zero-order chi connectivity index (χ0) is 17.5. The van der Waals surface area contributed by atoms with Crippen LogP contribution in [0.15, 0.2) is 45.8 Å². The lowest BCUT2D eigenvalue weighted by atomic mass is 10.0. The highest BCUT2D eigenvalue weighted by Gasteiger charge is 2.26. The maximum atomic E-state index is 13.2. The predicted octanol–water partition coefficient (Wildman–Crippen LogP) is 3.58. The van der Waals surface area contributed by atoms with Gasteiger partial charge in [-0.15, -0.1) is 0 Å². The first-order chi connectivity index (χ1) is 11.3. The molecule has 1 amide bonds. The van der Waals surface area contributed by atoms with E-state index in [0.717, 1.165) is 18.2 Å². The number of rotatable bonds is 2. The maximum absolute atomic E-state index is 13.2. The molecule has 0 saturated heterocycles. The Bertz CT molecular complexity index is 927. The van der Waals surface area contributed by atoms with Gasteiger partial charge >= 0.3 is 0 Å². The van der Waals surface area contributed by atoms with Crippen molar-refractivity contribution >= 4 is 37.4 Å². The number of sulfone groups is 1. The fourth-order valence-electron chi connectivity index (χ4n) is 2.82. The summed E-state index contributed by atoms with van der Waals surface area (Å²) in [4.78, 5) is 14.7. The van der Waals surface area contributed by atoms with Gasteiger partial charge in [0.2, 0.25) is 0 Å². The molecule has 2 aromatic carbocycles. The largest absolute Gasteiger partial charge is 0.308 e. The van der Waals surface area contributed by atoms with Gasteiger partial charge in [0.15, 0.2) is 9.84 Å². The number of anilines is 1. The molecule has 0 aliphatic carbocycles. The number of aryl methyl sites for hydroxylation is 1. The van der Waals surface area contributed by atoms with Crippen molar-refractivity contribution in [3.05, 3.63) is 57.8 Å². The fourth-order valence-corrected chi connectivity index (χ4v) is 4.02. The lowest BCUT2D eigenvalue weighted by Crippen LogP contribution is -2.35. The molecule has 0 aromatic heterocycles. The van der Waals surface area contributed by atoms with Crippen LogP contribution in [0.5, 0.6) is 0 Å². The first-order valence-electron chi connectivity index (χ1n) is 7.37. The summed E-state index contributed by atoms with van der Waals surface area (Å²) in [5.74, 6) is -0.662. The first-order valence-corrected chi connectivity index (χ1v) is 10.1. The molecule has 0 unspecified atom stereocenters. The van der Waals surface area contributed by atoms with E-state index in [1.165, 1.54) is 24.3 Å². The highest BCUT2D eigenvalue weighted by atomic mass is 79.9. The monoisotopic (exact) mass is 411 g/mol. The molecule has 2 aromatic rings. The Kier molecular flexibility index (Phi) is 4.48. The smallest absolute Gasteiger partial charge is 0.259 e. The van der Waals surface area contributed by atoms with E-state index in [1.807, 2.05) is 0 Å². The average Bonchev–Trinajstić information content (AvgIpc) is 2.52. The number of benzene rings is 2. The SMILES string of the molecule is CS(=O)(=O)c1ccc2c(c1)CCCN2C(=O)c1ccc(F)cc1Br. The third-order valence-corrected chi connectivity index (χ3v) is 5.77. The minimum absolute atomic E-state index is 0.241. The quantitative estimate of drug-likeness (QED) is 0.758. The van der Waals surface area contributed by atoms with E-state index < -0.39 is 15.7 Å². The van der Waals surface area contributed by atoms with Gasteiger partial charge in [0, 0.05) is 23.0 Å². The van der Waals surface area contributed by atoms with Gasteiger partial charge in [-0.1, -0.05) is 0 Å². The molecule has 0 fully saturated rings. The van der Waals surface area contributed by atoms with Crippen LogP contribution in [0.3, 0.4) is 0 Å². The lowest BCUT2D eigenvalue weighted by molar-refractivity contribution is 0.0984. The van der Waals surface area contributed by atoms with Crippen LogP contribution in [-0.2, 0) is 16.3 Å². The molecule has 1 heterocycles. The van der Waals surface area contributed by atoms with Crippen molar-refractivity contribution in [3.63, 3.8) is 0 Å². The van der Waals surface area contributed by atoms with E-state index in [0.29, 0.717) is 28.7 Å². The molecule has 0 bridgehead atoms. The Morgan fingerprint density at radius 1 is 1.21 bits per heavy atom. The Morgan fingerprint density at radius 2 is 1.96 bits per heavy atom. The van der Waals surface area contributed by atoms with Crippen LogP contribution in [0.2, 0.25) is 0 Å². The molecule has 1 aliphatic heterocycles. The molecule has 0 radical (unpaired) electrons. The minimum atomic E-state index is -3.29. The molecule has 0 N–H and O–H groups in total. The molecule has 1 aliphatic rings. The Balaban J connectivity index is 2.02. The molecule has 4 nitrogen and oxygen atoms in total. The molecular weight excluding hydrogens is 397 g/mol. The molecular formula is C17H15BrFNO3S. The van der Waals surface area contributed by atoms with Crippen molar-refractivity contribution in [2.45, 2.75) is 17.7 Å². The highest BCUT2D eigenvalue weighted by Crippen LogP contribution is 2.31. The van der Waals surface area contributed by atoms with Crippen LogP contribution < -0.4 is 4.90 Å². The Hall–Kier alpha value is -1.73. The van der Waals surface area contributed by atoms with Gasteiger partial charge in [-0.05, 0) is 70.7 Å². The average molecular weight is 412 g/mol. The van der Waals surface area contributed by atoms with Crippen LogP contribution in [0.4, 0.5) is 10.1 Å². The van der Waals surface area contributed by atoms with Gasteiger partial charge in [0.25, 0.3) is 5.91 Å². The van der Waals surface area contributed by atoms with Gasteiger partial charge in [0.05, 0.1) is 10.5 Å². The molecule has 24 heavy (non-hydrogen) atoms. The second-order valence-corrected chi connectivity index (χ2v) is 8.62. The molecule has 3 rings (SSSR count). The van der Waals surface area contributed by atoms with Crippen LogP contribution in [0.25, 0.3) is 0 Å². The molecule has 0 spiro atoms. The third-order valence-electron chi connectivity index (χ3n) is 4.00. The number of carbonyl (C=O) groups is 1. The van der Waals surface area contributed by atoms with Gasteiger partial charge in [-0.3, -0.25) is 4.79 Å². The van der Waals surface area contributed by atoms with Gasteiger partial charge in [-0.2, -0.15) is 0 Å². The summed E-state index contributed by atoms with van der Waals surface area (Å²) in [7, 11) is -3.29. The van der Waals surface area contributed by atoms with Crippen molar-refractivity contribution < 1.29 is 17.6 Å². The molecule has 7 heteroatoms. The van der Waals surface area contributed by atoms with E-state index in [-0.39, 0.29) is 10.8 Å². The molecule has 0 saturated carbocycles. The van der Waals surface area contributed by atoms with E-state index in [4.69, 9.17) is 0 Å². The zero-order valence-corrected chi connectivity index (χ0v) is 15.3. The van der Waals surface area contributed by atoms with Crippen LogP contribution in [0.1, 0.15) is 22.3 Å². The van der Waals surface area contributed by atoms with Crippen LogP contribution in [0, 0.1) is 5.82 Å². The molecule has 0 atom stereocenters. The molecule has 126 valence electrons. The Labute approximate surface area is 148 Å². The normalized spacial score (nSPS) is 14.4. The predicted molar refractivity (Wildman–Crippen MR) is 93.6 cm³/mol. The van der Waals surface area contributed by atoms with Crippen molar-refractivity contribution in [2.24, 2.45) is 0 Å². The van der Waals surface area contributed by atoms with Crippen molar-refractivity contribution in [2.75, 3.05) is 17.7 Å². The standard InChI is InChI=1S/C17H15BrFNO3S/c1-24(22,23)13-5-7-16-11(9-13)3-2-8-20(16)17(21)14-6-4-12(19)10-15(14)18/h4-7,9-10H,2-3,8H2,1H3. The van der Waals surface area contributed by atoms with Crippen molar-refractivity contribution in [1.29, 1.82) is 0 Å². The summed E-state index contributed by atoms with van der Waals surface area (Å²) in [5, 5.41) is 0. The number of carbonyl (C=O) groups excluding carboxylic acids is 1. The number of fused-ring (bicyclic) bond motifs is 1. The van der Waals surface area contributed by atoms with Gasteiger partial charge < -0.3 is 4.90 Å². The maximum Gasteiger partial charge on any atom is 0.259 e. The number of halogens is 2. The highest BCUT2D eigenvalue weighted by molar-refractivity contribution is 9.10. The fraction of sp³-hybridized carbons (Fsp3) is 0.235.